The number of hydrogen-bond acceptors (Lipinski definition) is 1. The van der Waals surface area contributed by atoms with Crippen LogP contribution in [0, 0.1) is 5.82 Å². The van der Waals surface area contributed by atoms with Crippen LogP contribution in [0.15, 0.2) is 60.8 Å². The van der Waals surface area contributed by atoms with Gasteiger partial charge in [-0.15, -0.1) is 0 Å². The van der Waals surface area contributed by atoms with E-state index in [-0.39, 0.29) is 5.82 Å². The lowest BCUT2D eigenvalue weighted by Gasteiger charge is -2.02. The van der Waals surface area contributed by atoms with Gasteiger partial charge in [0.1, 0.15) is 12.1 Å². The number of rotatable bonds is 3. The second-order valence-electron chi connectivity index (χ2n) is 6.49. The molecule has 2 aromatic heterocycles. The van der Waals surface area contributed by atoms with Crippen LogP contribution >= 0.6 is 0 Å². The first-order valence-electron chi connectivity index (χ1n) is 8.48. The molecule has 0 amide bonds. The molecule has 2 N–H and O–H groups in total. The molecule has 5 aromatic rings. The Balaban J connectivity index is 1.75. The number of nitrogens with one attached hydrogen (secondary N) is 2. The third-order valence-corrected chi connectivity index (χ3v) is 4.99. The average Bonchev–Trinajstić information content (AvgIpc) is 3.23. The van der Waals surface area contributed by atoms with Gasteiger partial charge in [0, 0.05) is 34.3 Å². The van der Waals surface area contributed by atoms with E-state index >= 15 is 0 Å². The van der Waals surface area contributed by atoms with Gasteiger partial charge in [-0.05, 0) is 41.0 Å². The fraction of sp³-hybridized carbons (Fsp3) is 0.0455. The number of H-pyrrole nitrogens is 2. The molecule has 0 atom stereocenters. The summed E-state index contributed by atoms with van der Waals surface area (Å²) in [6.07, 6.45) is 3.22. The molecule has 0 spiro atoms. The minimum atomic E-state index is -0.234. The topological polar surface area (TPSA) is 48.6 Å². The van der Waals surface area contributed by atoms with Gasteiger partial charge in [-0.25, -0.2) is 4.39 Å². The zero-order valence-electron chi connectivity index (χ0n) is 13.8. The summed E-state index contributed by atoms with van der Waals surface area (Å²) in [7, 11) is 0. The fourth-order valence-electron chi connectivity index (χ4n) is 3.70. The van der Waals surface area contributed by atoms with E-state index in [2.05, 4.69) is 34.2 Å². The van der Waals surface area contributed by atoms with E-state index < -0.39 is 0 Å². The molecule has 4 heteroatoms. The quantitative estimate of drug-likeness (QED) is 0.427. The first kappa shape index (κ1) is 14.9. The van der Waals surface area contributed by atoms with Crippen LogP contribution < -0.4 is 0 Å². The number of halogens is 1. The SMILES string of the molecule is O=CCc1c[nH]c2c1ccc1c3cc(-c4ccc(F)cc4)ccc3[nH]c12. The number of carbonyl (C=O) groups is 1. The van der Waals surface area contributed by atoms with Gasteiger partial charge < -0.3 is 14.8 Å². The second-order valence-corrected chi connectivity index (χ2v) is 6.49. The summed E-state index contributed by atoms with van der Waals surface area (Å²) in [4.78, 5) is 17.7. The number of hydrogen-bond donors (Lipinski definition) is 2. The maximum Gasteiger partial charge on any atom is 0.124 e. The summed E-state index contributed by atoms with van der Waals surface area (Å²) in [5, 5.41) is 3.31. The molecule has 0 aliphatic carbocycles. The number of benzene rings is 3. The van der Waals surface area contributed by atoms with Gasteiger partial charge in [0.2, 0.25) is 0 Å². The Hall–Kier alpha value is -3.40. The molecule has 0 saturated carbocycles. The zero-order chi connectivity index (χ0) is 17.7. The third-order valence-electron chi connectivity index (χ3n) is 4.99. The van der Waals surface area contributed by atoms with Crippen molar-refractivity contribution in [1.82, 2.24) is 9.97 Å². The predicted octanol–water partition coefficient (Wildman–Crippen LogP) is 5.35. The van der Waals surface area contributed by atoms with Gasteiger partial charge in [0.05, 0.1) is 11.0 Å². The minimum absolute atomic E-state index is 0.234. The third kappa shape index (κ3) is 2.15. The highest BCUT2D eigenvalue weighted by molar-refractivity contribution is 6.17. The number of fused-ring (bicyclic) bond motifs is 5. The van der Waals surface area contributed by atoms with Crippen LogP contribution in [0.5, 0.6) is 0 Å². The molecule has 0 bridgehead atoms. The molecule has 26 heavy (non-hydrogen) atoms. The Morgan fingerprint density at radius 2 is 1.62 bits per heavy atom. The van der Waals surface area contributed by atoms with Crippen molar-refractivity contribution in [3.05, 3.63) is 72.2 Å². The fourth-order valence-corrected chi connectivity index (χ4v) is 3.70. The van der Waals surface area contributed by atoms with E-state index in [9.17, 15) is 9.18 Å². The number of aromatic nitrogens is 2. The summed E-state index contributed by atoms with van der Waals surface area (Å²) < 4.78 is 13.2. The van der Waals surface area contributed by atoms with E-state index in [0.29, 0.717) is 6.42 Å². The first-order valence-corrected chi connectivity index (χ1v) is 8.48. The zero-order valence-corrected chi connectivity index (χ0v) is 13.8. The van der Waals surface area contributed by atoms with Gasteiger partial charge in [-0.2, -0.15) is 0 Å². The second kappa shape index (κ2) is 5.56. The molecule has 0 aliphatic rings. The maximum atomic E-state index is 13.2. The van der Waals surface area contributed by atoms with Crippen LogP contribution in [-0.4, -0.2) is 16.3 Å². The van der Waals surface area contributed by atoms with Crippen molar-refractivity contribution in [2.24, 2.45) is 0 Å². The normalized spacial score (nSPS) is 11.6. The first-order chi connectivity index (χ1) is 12.7. The number of aromatic amines is 2. The van der Waals surface area contributed by atoms with E-state index in [1.165, 1.54) is 12.1 Å². The van der Waals surface area contributed by atoms with Gasteiger partial charge in [-0.3, -0.25) is 0 Å². The average molecular weight is 342 g/mol. The van der Waals surface area contributed by atoms with E-state index in [0.717, 1.165) is 55.7 Å². The van der Waals surface area contributed by atoms with Crippen molar-refractivity contribution in [2.75, 3.05) is 0 Å². The smallest absolute Gasteiger partial charge is 0.124 e. The monoisotopic (exact) mass is 342 g/mol. The molecule has 0 aliphatic heterocycles. The summed E-state index contributed by atoms with van der Waals surface area (Å²) in [5.74, 6) is -0.234. The molecular formula is C22H15FN2O. The van der Waals surface area contributed by atoms with Gasteiger partial charge in [-0.1, -0.05) is 30.3 Å². The highest BCUT2D eigenvalue weighted by Crippen LogP contribution is 2.34. The Bertz CT molecular complexity index is 1280. The molecular weight excluding hydrogens is 327 g/mol. The molecule has 126 valence electrons. The molecule has 0 radical (unpaired) electrons. The highest BCUT2D eigenvalue weighted by Gasteiger charge is 2.12. The van der Waals surface area contributed by atoms with Crippen LogP contribution in [0.1, 0.15) is 5.56 Å². The van der Waals surface area contributed by atoms with Crippen molar-refractivity contribution in [2.45, 2.75) is 6.42 Å². The van der Waals surface area contributed by atoms with Crippen LogP contribution in [0.4, 0.5) is 4.39 Å². The van der Waals surface area contributed by atoms with Crippen molar-refractivity contribution in [3.63, 3.8) is 0 Å². The predicted molar refractivity (Wildman–Crippen MR) is 103 cm³/mol. The molecule has 3 aromatic carbocycles. The van der Waals surface area contributed by atoms with Crippen molar-refractivity contribution in [1.29, 1.82) is 0 Å². The van der Waals surface area contributed by atoms with Gasteiger partial charge in [0.15, 0.2) is 0 Å². The lowest BCUT2D eigenvalue weighted by molar-refractivity contribution is -0.107. The Labute approximate surface area is 148 Å². The summed E-state index contributed by atoms with van der Waals surface area (Å²) in [6.45, 7) is 0. The van der Waals surface area contributed by atoms with E-state index in [1.807, 2.05) is 12.3 Å². The molecule has 0 unspecified atom stereocenters. The van der Waals surface area contributed by atoms with Crippen LogP contribution in [-0.2, 0) is 11.2 Å². The maximum absolute atomic E-state index is 13.2. The van der Waals surface area contributed by atoms with Gasteiger partial charge >= 0.3 is 0 Å². The molecule has 0 fully saturated rings. The minimum Gasteiger partial charge on any atom is -0.359 e. The summed E-state index contributed by atoms with van der Waals surface area (Å²) in [6, 6.07) is 16.9. The molecule has 3 nitrogen and oxygen atoms in total. The van der Waals surface area contributed by atoms with Crippen LogP contribution in [0.3, 0.4) is 0 Å². The molecule has 0 saturated heterocycles. The largest absolute Gasteiger partial charge is 0.359 e. The number of carbonyl (C=O) groups excluding carboxylic acids is 1. The van der Waals surface area contributed by atoms with Gasteiger partial charge in [0.25, 0.3) is 0 Å². The lowest BCUT2D eigenvalue weighted by Crippen LogP contribution is -1.82. The van der Waals surface area contributed by atoms with Crippen molar-refractivity contribution in [3.8, 4) is 11.1 Å². The van der Waals surface area contributed by atoms with Crippen molar-refractivity contribution >= 4 is 39.0 Å². The Kier molecular flexibility index (Phi) is 3.19. The van der Waals surface area contributed by atoms with Crippen LogP contribution in [0.2, 0.25) is 0 Å². The van der Waals surface area contributed by atoms with E-state index in [4.69, 9.17) is 0 Å². The standard InChI is InChI=1S/C22H15FN2O/c23-16-4-1-13(2-5-16)14-3-8-20-19(11-14)18-7-6-17-15(9-10-26)12-24-21(17)22(18)25-20/h1-8,10-12,24-25H,9H2. The Morgan fingerprint density at radius 3 is 2.42 bits per heavy atom. The van der Waals surface area contributed by atoms with E-state index in [1.54, 1.807) is 12.1 Å². The van der Waals surface area contributed by atoms with Crippen LogP contribution in [0.25, 0.3) is 43.8 Å². The lowest BCUT2D eigenvalue weighted by atomic mass is 10.0. The molecule has 2 heterocycles. The summed E-state index contributed by atoms with van der Waals surface area (Å²) >= 11 is 0. The van der Waals surface area contributed by atoms with Crippen molar-refractivity contribution < 1.29 is 9.18 Å². The number of aldehydes is 1. The summed E-state index contributed by atoms with van der Waals surface area (Å²) in [5.41, 5.74) is 6.13. The highest BCUT2D eigenvalue weighted by atomic mass is 19.1. The Morgan fingerprint density at radius 1 is 0.846 bits per heavy atom. The molecule has 5 rings (SSSR count).